The maximum absolute atomic E-state index is 12.8. The van der Waals surface area contributed by atoms with E-state index in [2.05, 4.69) is 4.72 Å². The van der Waals surface area contributed by atoms with Gasteiger partial charge in [0.1, 0.15) is 11.8 Å². The number of aryl methyl sites for hydroxylation is 2. The predicted molar refractivity (Wildman–Crippen MR) is 137 cm³/mol. The highest BCUT2D eigenvalue weighted by Crippen LogP contribution is 2.19. The molecule has 2 aromatic carbocycles. The minimum absolute atomic E-state index is 0.0231. The average Bonchev–Trinajstić information content (AvgIpc) is 3.14. The molecule has 1 atom stereocenters. The molecule has 8 nitrogen and oxygen atoms in total. The zero-order valence-electron chi connectivity index (χ0n) is 20.6. The van der Waals surface area contributed by atoms with Gasteiger partial charge in [-0.3, -0.25) is 9.59 Å². The van der Waals surface area contributed by atoms with Crippen molar-refractivity contribution in [1.29, 1.82) is 0 Å². The third kappa shape index (κ3) is 6.75. The summed E-state index contributed by atoms with van der Waals surface area (Å²) in [5.74, 6) is -0.708. The Labute approximate surface area is 216 Å². The number of sulfonamides is 1. The molecule has 0 aliphatic carbocycles. The second kappa shape index (κ2) is 11.7. The Morgan fingerprint density at radius 3 is 2.31 bits per heavy atom. The maximum atomic E-state index is 12.8. The largest absolute Gasteiger partial charge is 0.497 e. The molecule has 36 heavy (non-hydrogen) atoms. The van der Waals surface area contributed by atoms with Crippen LogP contribution >= 0.6 is 11.6 Å². The molecule has 0 amide bonds. The molecular weight excluding hydrogens is 504 g/mol. The fourth-order valence-corrected chi connectivity index (χ4v) is 5.08. The Kier molecular flexibility index (Phi) is 8.94. The lowest BCUT2D eigenvalue weighted by atomic mass is 10.1. The lowest BCUT2D eigenvalue weighted by Crippen LogP contribution is -2.40. The molecule has 0 saturated carbocycles. The van der Waals surface area contributed by atoms with E-state index in [0.29, 0.717) is 22.9 Å². The molecule has 0 radical (unpaired) electrons. The van der Waals surface area contributed by atoms with Crippen molar-refractivity contribution >= 4 is 33.4 Å². The van der Waals surface area contributed by atoms with Crippen LogP contribution in [0.3, 0.4) is 0 Å². The van der Waals surface area contributed by atoms with Crippen molar-refractivity contribution in [2.24, 2.45) is 0 Å². The molecule has 0 unspecified atom stereocenters. The fraction of sp³-hybridized carbons (Fsp3) is 0.308. The van der Waals surface area contributed by atoms with Gasteiger partial charge in [-0.05, 0) is 75.2 Å². The summed E-state index contributed by atoms with van der Waals surface area (Å²) >= 11 is 5.94. The van der Waals surface area contributed by atoms with Gasteiger partial charge in [0.2, 0.25) is 15.8 Å². The van der Waals surface area contributed by atoms with Gasteiger partial charge in [-0.15, -0.1) is 0 Å². The van der Waals surface area contributed by atoms with Crippen LogP contribution in [-0.4, -0.2) is 44.5 Å². The quantitative estimate of drug-likeness (QED) is 0.294. The predicted octanol–water partition coefficient (Wildman–Crippen LogP) is 4.10. The van der Waals surface area contributed by atoms with Gasteiger partial charge in [-0.2, -0.15) is 4.72 Å². The van der Waals surface area contributed by atoms with E-state index in [9.17, 15) is 18.0 Å². The molecule has 1 aromatic heterocycles. The number of benzene rings is 2. The van der Waals surface area contributed by atoms with Crippen LogP contribution in [0.1, 0.15) is 34.2 Å². The molecule has 0 bridgehead atoms. The van der Waals surface area contributed by atoms with Gasteiger partial charge >= 0.3 is 5.97 Å². The third-order valence-electron chi connectivity index (χ3n) is 5.81. The molecule has 1 N–H and O–H groups in total. The summed E-state index contributed by atoms with van der Waals surface area (Å²) in [6.07, 6.45) is 0.766. The van der Waals surface area contributed by atoms with E-state index in [0.717, 1.165) is 23.4 Å². The number of ether oxygens (including phenoxy) is 2. The number of hydrogen-bond acceptors (Lipinski definition) is 6. The summed E-state index contributed by atoms with van der Waals surface area (Å²) in [5, 5.41) is 0.678. The van der Waals surface area contributed by atoms with Crippen LogP contribution in [0.4, 0.5) is 0 Å². The minimum Gasteiger partial charge on any atom is -0.497 e. The molecule has 3 aromatic rings. The Morgan fingerprint density at radius 1 is 1.06 bits per heavy atom. The molecule has 10 heteroatoms. The van der Waals surface area contributed by atoms with Crippen molar-refractivity contribution in [3.8, 4) is 5.75 Å². The maximum Gasteiger partial charge on any atom is 0.324 e. The van der Waals surface area contributed by atoms with Crippen LogP contribution in [0, 0.1) is 13.8 Å². The standard InChI is InChI=1S/C26H29ClN2O6S/c1-17-15-24(19(3)29(17)14-13-20-5-7-21(27)8-6-20)25(30)16-35-26(31)18(2)28-36(32,33)23-11-9-22(34-4)10-12-23/h5-12,15,18,28H,13-14,16H2,1-4H3/t18-/m0/s1. The van der Waals surface area contributed by atoms with Crippen LogP contribution < -0.4 is 9.46 Å². The van der Waals surface area contributed by atoms with Gasteiger partial charge in [0.15, 0.2) is 6.61 Å². The zero-order chi connectivity index (χ0) is 26.5. The molecule has 0 aliphatic rings. The molecule has 192 valence electrons. The number of rotatable bonds is 11. The SMILES string of the molecule is COc1ccc(S(=O)(=O)N[C@@H](C)C(=O)OCC(=O)c2cc(C)n(CCc3ccc(Cl)cc3)c2C)cc1. The number of halogens is 1. The van der Waals surface area contributed by atoms with Gasteiger partial charge in [0.25, 0.3) is 0 Å². The molecular formula is C26H29ClN2O6S. The van der Waals surface area contributed by atoms with Crippen LogP contribution in [-0.2, 0) is 32.5 Å². The first-order chi connectivity index (χ1) is 17.0. The van der Waals surface area contributed by atoms with Crippen LogP contribution in [0.5, 0.6) is 5.75 Å². The normalized spacial score (nSPS) is 12.2. The number of carbonyl (C=O) groups is 2. The molecule has 0 saturated heterocycles. The van der Waals surface area contributed by atoms with Crippen LogP contribution in [0.2, 0.25) is 5.02 Å². The smallest absolute Gasteiger partial charge is 0.324 e. The van der Waals surface area contributed by atoms with Gasteiger partial charge in [0.05, 0.1) is 12.0 Å². The van der Waals surface area contributed by atoms with Gasteiger partial charge < -0.3 is 14.0 Å². The van der Waals surface area contributed by atoms with Crippen molar-refractivity contribution in [2.45, 2.75) is 44.7 Å². The van der Waals surface area contributed by atoms with Gasteiger partial charge in [-0.25, -0.2) is 8.42 Å². The first-order valence-corrected chi connectivity index (χ1v) is 13.2. The number of aromatic nitrogens is 1. The molecule has 0 spiro atoms. The summed E-state index contributed by atoms with van der Waals surface area (Å²) in [5.41, 5.74) is 3.27. The van der Waals surface area contributed by atoms with E-state index in [-0.39, 0.29) is 10.7 Å². The lowest BCUT2D eigenvalue weighted by Gasteiger charge is -2.14. The second-order valence-corrected chi connectivity index (χ2v) is 10.5. The molecule has 3 rings (SSSR count). The van der Waals surface area contributed by atoms with E-state index in [1.165, 1.54) is 38.3 Å². The first kappa shape index (κ1) is 27.4. The minimum atomic E-state index is -3.96. The number of nitrogens with zero attached hydrogens (tertiary/aromatic N) is 1. The van der Waals surface area contributed by atoms with E-state index in [1.54, 1.807) is 6.07 Å². The summed E-state index contributed by atoms with van der Waals surface area (Å²) in [4.78, 5) is 25.2. The highest BCUT2D eigenvalue weighted by Gasteiger charge is 2.25. The van der Waals surface area contributed by atoms with Crippen molar-refractivity contribution in [3.05, 3.63) is 82.1 Å². The van der Waals surface area contributed by atoms with Crippen molar-refractivity contribution < 1.29 is 27.5 Å². The second-order valence-electron chi connectivity index (χ2n) is 8.36. The third-order valence-corrected chi connectivity index (χ3v) is 7.62. The highest BCUT2D eigenvalue weighted by atomic mass is 35.5. The number of ketones is 1. The number of Topliss-reactive ketones (excluding diaryl/α,β-unsaturated/α-hetero) is 1. The summed E-state index contributed by atoms with van der Waals surface area (Å²) in [7, 11) is -2.49. The van der Waals surface area contributed by atoms with E-state index >= 15 is 0 Å². The summed E-state index contributed by atoms with van der Waals surface area (Å²) in [6, 6.07) is 13.9. The fourth-order valence-electron chi connectivity index (χ4n) is 3.76. The number of esters is 1. The Balaban J connectivity index is 1.58. The average molecular weight is 533 g/mol. The first-order valence-electron chi connectivity index (χ1n) is 11.3. The van der Waals surface area contributed by atoms with Crippen molar-refractivity contribution in [1.82, 2.24) is 9.29 Å². The molecule has 0 aliphatic heterocycles. The number of carbonyl (C=O) groups excluding carboxylic acids is 2. The highest BCUT2D eigenvalue weighted by molar-refractivity contribution is 7.89. The Bertz CT molecular complexity index is 1330. The number of methoxy groups -OCH3 is 1. The summed E-state index contributed by atoms with van der Waals surface area (Å²) < 4.78 is 39.5. The van der Waals surface area contributed by atoms with Crippen LogP contribution in [0.25, 0.3) is 0 Å². The molecule has 1 heterocycles. The lowest BCUT2D eigenvalue weighted by molar-refractivity contribution is -0.144. The van der Waals surface area contributed by atoms with Crippen molar-refractivity contribution in [2.75, 3.05) is 13.7 Å². The van der Waals surface area contributed by atoms with Gasteiger partial charge in [-0.1, -0.05) is 23.7 Å². The number of nitrogens with one attached hydrogen (secondary N) is 1. The monoisotopic (exact) mass is 532 g/mol. The Hall–Kier alpha value is -3.14. The van der Waals surface area contributed by atoms with Crippen LogP contribution in [0.15, 0.2) is 59.5 Å². The Morgan fingerprint density at radius 2 is 1.69 bits per heavy atom. The number of hydrogen-bond donors (Lipinski definition) is 1. The van der Waals surface area contributed by atoms with E-state index in [1.807, 2.05) is 42.7 Å². The molecule has 0 fully saturated rings. The summed E-state index contributed by atoms with van der Waals surface area (Å²) in [6.45, 7) is 5.30. The zero-order valence-corrected chi connectivity index (χ0v) is 22.2. The van der Waals surface area contributed by atoms with Gasteiger partial charge in [0, 0.05) is 28.5 Å². The van der Waals surface area contributed by atoms with E-state index in [4.69, 9.17) is 21.1 Å². The van der Waals surface area contributed by atoms with Crippen molar-refractivity contribution in [3.63, 3.8) is 0 Å². The van der Waals surface area contributed by atoms with E-state index < -0.39 is 28.6 Å². The topological polar surface area (TPSA) is 104 Å².